The quantitative estimate of drug-likeness (QED) is 0.741. The highest BCUT2D eigenvalue weighted by atomic mass is 32.2. The molecule has 0 amide bonds. The molecule has 6 nitrogen and oxygen atoms in total. The van der Waals surface area contributed by atoms with Crippen molar-refractivity contribution < 1.29 is 12.6 Å². The van der Waals surface area contributed by atoms with Crippen LogP contribution in [0.2, 0.25) is 0 Å². The molecule has 2 rings (SSSR count). The van der Waals surface area contributed by atoms with Crippen molar-refractivity contribution in [3.8, 4) is 0 Å². The number of nitrogens with zero attached hydrogens (tertiary/aromatic N) is 2. The summed E-state index contributed by atoms with van der Waals surface area (Å²) in [6, 6.07) is 0. The Kier molecular flexibility index (Phi) is 2.89. The van der Waals surface area contributed by atoms with Gasteiger partial charge < -0.3 is 4.98 Å². The number of hydrogen-bond donors (Lipinski definition) is 1. The van der Waals surface area contributed by atoms with Crippen molar-refractivity contribution in [2.24, 2.45) is 0 Å². The van der Waals surface area contributed by atoms with E-state index in [2.05, 4.69) is 9.97 Å². The van der Waals surface area contributed by atoms with Gasteiger partial charge in [0.15, 0.2) is 5.03 Å². The second-order valence-corrected chi connectivity index (χ2v) is 6.77. The van der Waals surface area contributed by atoms with Gasteiger partial charge >= 0.3 is 0 Å². The van der Waals surface area contributed by atoms with Crippen molar-refractivity contribution in [2.75, 3.05) is 24.6 Å². The first-order chi connectivity index (χ1) is 7.10. The molecule has 1 N–H and O–H groups in total. The standard InChI is InChI=1S/C7H11N3O3S2/c11-14-3-1-10(2-4-14)15(12,13)7-5-8-6-9-7/h5-6H,1-4H2,(H,8,9). The van der Waals surface area contributed by atoms with Gasteiger partial charge in [-0.05, 0) is 0 Å². The van der Waals surface area contributed by atoms with Crippen LogP contribution in [0.15, 0.2) is 17.6 Å². The molecule has 0 atom stereocenters. The minimum Gasteiger partial charge on any atom is -0.335 e. The average Bonchev–Trinajstić information content (AvgIpc) is 2.71. The number of hydrogen-bond acceptors (Lipinski definition) is 4. The molecular weight excluding hydrogens is 238 g/mol. The third-order valence-corrected chi connectivity index (χ3v) is 5.33. The molecule has 0 aromatic carbocycles. The van der Waals surface area contributed by atoms with E-state index in [4.69, 9.17) is 0 Å². The van der Waals surface area contributed by atoms with E-state index in [1.54, 1.807) is 0 Å². The fourth-order valence-electron chi connectivity index (χ4n) is 1.38. The smallest absolute Gasteiger partial charge is 0.260 e. The highest BCUT2D eigenvalue weighted by Crippen LogP contribution is 2.14. The molecule has 2 heterocycles. The number of rotatable bonds is 2. The van der Waals surface area contributed by atoms with Gasteiger partial charge in [-0.15, -0.1) is 0 Å². The predicted octanol–water partition coefficient (Wildman–Crippen LogP) is -0.837. The van der Waals surface area contributed by atoms with Crippen LogP contribution in [0.1, 0.15) is 0 Å². The molecule has 1 fully saturated rings. The van der Waals surface area contributed by atoms with E-state index in [1.807, 2.05) is 0 Å². The molecule has 0 spiro atoms. The van der Waals surface area contributed by atoms with Crippen LogP contribution in [0, 0.1) is 0 Å². The zero-order valence-corrected chi connectivity index (χ0v) is 9.55. The first-order valence-electron chi connectivity index (χ1n) is 4.44. The van der Waals surface area contributed by atoms with E-state index in [-0.39, 0.29) is 5.03 Å². The van der Waals surface area contributed by atoms with Gasteiger partial charge in [0.05, 0.1) is 12.5 Å². The molecule has 1 aromatic rings. The zero-order chi connectivity index (χ0) is 10.9. The van der Waals surface area contributed by atoms with Crippen molar-refractivity contribution in [3.05, 3.63) is 12.5 Å². The summed E-state index contributed by atoms with van der Waals surface area (Å²) >= 11 is 0. The van der Waals surface area contributed by atoms with Gasteiger partial charge in [-0.3, -0.25) is 4.21 Å². The minimum absolute atomic E-state index is 0.0928. The number of nitrogens with one attached hydrogen (secondary N) is 1. The highest BCUT2D eigenvalue weighted by Gasteiger charge is 2.28. The second kappa shape index (κ2) is 4.03. The molecule has 1 aliphatic heterocycles. The van der Waals surface area contributed by atoms with Gasteiger partial charge in [0.2, 0.25) is 0 Å². The summed E-state index contributed by atoms with van der Waals surface area (Å²) in [5, 5.41) is 0.0928. The molecule has 0 bridgehead atoms. The molecule has 8 heteroatoms. The summed E-state index contributed by atoms with van der Waals surface area (Å²) in [7, 11) is -4.34. The van der Waals surface area contributed by atoms with Crippen LogP contribution in [0.25, 0.3) is 0 Å². The van der Waals surface area contributed by atoms with Crippen LogP contribution >= 0.6 is 0 Å². The monoisotopic (exact) mass is 249 g/mol. The van der Waals surface area contributed by atoms with E-state index < -0.39 is 20.8 Å². The van der Waals surface area contributed by atoms with Crippen molar-refractivity contribution in [3.63, 3.8) is 0 Å². The largest absolute Gasteiger partial charge is 0.335 e. The maximum Gasteiger partial charge on any atom is 0.260 e. The first-order valence-corrected chi connectivity index (χ1v) is 7.37. The molecule has 0 saturated carbocycles. The summed E-state index contributed by atoms with van der Waals surface area (Å²) in [6.45, 7) is 0.627. The number of H-pyrrole nitrogens is 1. The summed E-state index contributed by atoms with van der Waals surface area (Å²) in [5.41, 5.74) is 0. The Labute approximate surface area is 90.2 Å². The number of sulfonamides is 1. The van der Waals surface area contributed by atoms with Gasteiger partial charge in [-0.1, -0.05) is 0 Å². The van der Waals surface area contributed by atoms with Gasteiger partial charge in [-0.2, -0.15) is 4.31 Å². The van der Waals surface area contributed by atoms with Crippen LogP contribution in [0.5, 0.6) is 0 Å². The van der Waals surface area contributed by atoms with Gasteiger partial charge in [0, 0.05) is 35.4 Å². The minimum atomic E-state index is -3.46. The van der Waals surface area contributed by atoms with Crippen molar-refractivity contribution in [1.29, 1.82) is 0 Å². The van der Waals surface area contributed by atoms with Gasteiger partial charge in [-0.25, -0.2) is 13.4 Å². The highest BCUT2D eigenvalue weighted by molar-refractivity contribution is 7.89. The van der Waals surface area contributed by atoms with Crippen molar-refractivity contribution in [2.45, 2.75) is 5.03 Å². The average molecular weight is 249 g/mol. The summed E-state index contributed by atoms with van der Waals surface area (Å²) < 4.78 is 36.2. The van der Waals surface area contributed by atoms with E-state index in [0.717, 1.165) is 0 Å². The molecule has 0 aliphatic carbocycles. The lowest BCUT2D eigenvalue weighted by Gasteiger charge is -2.24. The first kappa shape index (κ1) is 10.8. The van der Waals surface area contributed by atoms with Gasteiger partial charge in [0.1, 0.15) is 0 Å². The molecular formula is C7H11N3O3S2. The Morgan fingerprint density at radius 1 is 1.40 bits per heavy atom. The Hall–Kier alpha value is -0.730. The SMILES string of the molecule is O=S1CCN(S(=O)(=O)c2cnc[nH]2)CC1. The summed E-state index contributed by atoms with van der Waals surface area (Å²) in [6.07, 6.45) is 2.61. The lowest BCUT2D eigenvalue weighted by molar-refractivity contribution is 0.436. The summed E-state index contributed by atoms with van der Waals surface area (Å²) in [5.74, 6) is 0.820. The molecule has 1 saturated heterocycles. The topological polar surface area (TPSA) is 83.1 Å². The Balaban J connectivity index is 2.20. The zero-order valence-electron chi connectivity index (χ0n) is 7.92. The predicted molar refractivity (Wildman–Crippen MR) is 55.2 cm³/mol. The second-order valence-electron chi connectivity index (χ2n) is 3.17. The third-order valence-electron chi connectivity index (χ3n) is 2.23. The van der Waals surface area contributed by atoms with Crippen LogP contribution in [0.4, 0.5) is 0 Å². The van der Waals surface area contributed by atoms with Crippen LogP contribution in [-0.4, -0.2) is 51.5 Å². The van der Waals surface area contributed by atoms with E-state index >= 15 is 0 Å². The lowest BCUT2D eigenvalue weighted by Crippen LogP contribution is -2.41. The summed E-state index contributed by atoms with van der Waals surface area (Å²) in [4.78, 5) is 6.25. The Morgan fingerprint density at radius 2 is 2.07 bits per heavy atom. The van der Waals surface area contributed by atoms with Crippen LogP contribution < -0.4 is 0 Å². The fourth-order valence-corrected chi connectivity index (χ4v) is 4.01. The number of imidazole rings is 1. The maximum absolute atomic E-state index is 11.9. The van der Waals surface area contributed by atoms with Crippen LogP contribution in [-0.2, 0) is 20.8 Å². The van der Waals surface area contributed by atoms with Crippen molar-refractivity contribution in [1.82, 2.24) is 14.3 Å². The van der Waals surface area contributed by atoms with E-state index in [0.29, 0.717) is 24.6 Å². The molecule has 15 heavy (non-hydrogen) atoms. The normalized spacial score (nSPS) is 20.5. The van der Waals surface area contributed by atoms with Crippen molar-refractivity contribution >= 4 is 20.8 Å². The molecule has 0 unspecified atom stereocenters. The Morgan fingerprint density at radius 3 is 2.60 bits per heavy atom. The van der Waals surface area contributed by atoms with Crippen LogP contribution in [0.3, 0.4) is 0 Å². The molecule has 84 valence electrons. The maximum atomic E-state index is 11.9. The van der Waals surface area contributed by atoms with E-state index in [9.17, 15) is 12.6 Å². The van der Waals surface area contributed by atoms with Gasteiger partial charge in [0.25, 0.3) is 10.0 Å². The third kappa shape index (κ3) is 2.11. The Bertz CT molecular complexity index is 444. The number of aromatic nitrogens is 2. The molecule has 1 aromatic heterocycles. The number of aromatic amines is 1. The van der Waals surface area contributed by atoms with E-state index in [1.165, 1.54) is 16.8 Å². The molecule has 0 radical (unpaired) electrons. The molecule has 1 aliphatic rings. The fraction of sp³-hybridized carbons (Fsp3) is 0.571. The lowest BCUT2D eigenvalue weighted by atomic mass is 10.6.